The number of benzene rings is 1. The van der Waals surface area contributed by atoms with E-state index in [4.69, 9.17) is 9.84 Å². The first-order valence-corrected chi connectivity index (χ1v) is 5.92. The van der Waals surface area contributed by atoms with Crippen molar-refractivity contribution in [2.75, 3.05) is 0 Å². The molecular formula is C14H15NO5. The zero-order valence-corrected chi connectivity index (χ0v) is 10.9. The minimum atomic E-state index is -1.26. The Labute approximate surface area is 116 Å². The standard InChI is InChI=1S/C14H15NO5/c1-10(20-13(18)8-7-12(16)17)14(19)15-9-11-5-3-2-4-6-11/h2-8,10H,9H2,1H3,(H,15,19)(H,16,17). The van der Waals surface area contributed by atoms with E-state index in [0.29, 0.717) is 12.6 Å². The van der Waals surface area contributed by atoms with Gasteiger partial charge in [0.1, 0.15) is 0 Å². The van der Waals surface area contributed by atoms with Gasteiger partial charge in [0.05, 0.1) is 0 Å². The number of hydrogen-bond donors (Lipinski definition) is 2. The first-order valence-electron chi connectivity index (χ1n) is 5.92. The van der Waals surface area contributed by atoms with E-state index >= 15 is 0 Å². The fraction of sp³-hybridized carbons (Fsp3) is 0.214. The summed E-state index contributed by atoms with van der Waals surface area (Å²) >= 11 is 0. The van der Waals surface area contributed by atoms with Crippen LogP contribution in [0.1, 0.15) is 12.5 Å². The normalized spacial score (nSPS) is 11.8. The third kappa shape index (κ3) is 5.81. The first-order chi connectivity index (χ1) is 9.49. The van der Waals surface area contributed by atoms with Gasteiger partial charge in [0.2, 0.25) is 0 Å². The summed E-state index contributed by atoms with van der Waals surface area (Å²) in [5, 5.41) is 11.0. The number of carbonyl (C=O) groups is 3. The van der Waals surface area contributed by atoms with E-state index in [1.165, 1.54) is 6.92 Å². The molecule has 1 aromatic rings. The number of amides is 1. The van der Waals surface area contributed by atoms with Gasteiger partial charge >= 0.3 is 11.9 Å². The second-order valence-corrected chi connectivity index (χ2v) is 3.95. The van der Waals surface area contributed by atoms with Gasteiger partial charge in [0.15, 0.2) is 6.10 Å². The quantitative estimate of drug-likeness (QED) is 0.594. The van der Waals surface area contributed by atoms with Crippen LogP contribution in [-0.2, 0) is 25.7 Å². The molecule has 1 rings (SSSR count). The summed E-state index contributed by atoms with van der Waals surface area (Å²) < 4.78 is 4.75. The predicted octanol–water partition coefficient (Wildman–Crippen LogP) is 0.875. The lowest BCUT2D eigenvalue weighted by Gasteiger charge is -2.12. The molecule has 0 aromatic heterocycles. The SMILES string of the molecule is CC(OC(=O)C=CC(=O)O)C(=O)NCc1ccccc1. The molecule has 1 amide bonds. The summed E-state index contributed by atoms with van der Waals surface area (Å²) in [5.74, 6) is -2.59. The summed E-state index contributed by atoms with van der Waals surface area (Å²) in [6.07, 6.45) is 0.407. The number of aliphatic carboxylic acids is 1. The van der Waals surface area contributed by atoms with E-state index in [1.807, 2.05) is 30.3 Å². The molecule has 6 nitrogen and oxygen atoms in total. The zero-order chi connectivity index (χ0) is 15.0. The molecule has 20 heavy (non-hydrogen) atoms. The van der Waals surface area contributed by atoms with E-state index in [0.717, 1.165) is 11.6 Å². The van der Waals surface area contributed by atoms with E-state index in [9.17, 15) is 14.4 Å². The molecular weight excluding hydrogens is 262 g/mol. The van der Waals surface area contributed by atoms with Crippen LogP contribution >= 0.6 is 0 Å². The van der Waals surface area contributed by atoms with Crippen molar-refractivity contribution in [3.05, 3.63) is 48.0 Å². The molecule has 106 valence electrons. The van der Waals surface area contributed by atoms with Crippen LogP contribution in [-0.4, -0.2) is 29.1 Å². The molecule has 6 heteroatoms. The Bertz CT molecular complexity index is 510. The van der Waals surface area contributed by atoms with Crippen LogP contribution < -0.4 is 5.32 Å². The second kappa shape index (κ2) is 7.73. The number of nitrogens with one attached hydrogen (secondary N) is 1. The maximum atomic E-state index is 11.7. The number of esters is 1. The minimum absolute atomic E-state index is 0.326. The van der Waals surface area contributed by atoms with Crippen molar-refractivity contribution in [1.29, 1.82) is 0 Å². The molecule has 0 aliphatic rings. The molecule has 1 aromatic carbocycles. The number of carboxylic acid groups (broad SMARTS) is 1. The molecule has 0 heterocycles. The number of hydrogen-bond acceptors (Lipinski definition) is 4. The van der Waals surface area contributed by atoms with Gasteiger partial charge in [0, 0.05) is 18.7 Å². The van der Waals surface area contributed by atoms with Gasteiger partial charge < -0.3 is 15.2 Å². The largest absolute Gasteiger partial charge is 0.478 e. The summed E-state index contributed by atoms with van der Waals surface area (Å²) in [6, 6.07) is 9.27. The number of carbonyl (C=O) groups excluding carboxylic acids is 2. The maximum Gasteiger partial charge on any atom is 0.331 e. The highest BCUT2D eigenvalue weighted by atomic mass is 16.5. The Hall–Kier alpha value is -2.63. The van der Waals surface area contributed by atoms with E-state index < -0.39 is 23.9 Å². The molecule has 0 aliphatic carbocycles. The minimum Gasteiger partial charge on any atom is -0.478 e. The lowest BCUT2D eigenvalue weighted by molar-refractivity contribution is -0.150. The second-order valence-electron chi connectivity index (χ2n) is 3.95. The number of carboxylic acids is 1. The number of ether oxygens (including phenoxy) is 1. The molecule has 0 spiro atoms. The van der Waals surface area contributed by atoms with E-state index in [-0.39, 0.29) is 0 Å². The third-order valence-electron chi connectivity index (χ3n) is 2.33. The lowest BCUT2D eigenvalue weighted by Crippen LogP contribution is -2.35. The molecule has 0 fully saturated rings. The van der Waals surface area contributed by atoms with E-state index in [1.54, 1.807) is 0 Å². The van der Waals surface area contributed by atoms with Crippen LogP contribution in [0.5, 0.6) is 0 Å². The monoisotopic (exact) mass is 277 g/mol. The van der Waals surface area contributed by atoms with Gasteiger partial charge in [-0.1, -0.05) is 30.3 Å². The molecule has 1 atom stereocenters. The fourth-order valence-electron chi connectivity index (χ4n) is 1.34. The Balaban J connectivity index is 2.39. The lowest BCUT2D eigenvalue weighted by atomic mass is 10.2. The van der Waals surface area contributed by atoms with Crippen LogP contribution in [0.25, 0.3) is 0 Å². The average molecular weight is 277 g/mol. The van der Waals surface area contributed by atoms with Crippen LogP contribution in [0.15, 0.2) is 42.5 Å². The molecule has 0 saturated heterocycles. The van der Waals surface area contributed by atoms with Crippen molar-refractivity contribution in [3.63, 3.8) is 0 Å². The highest BCUT2D eigenvalue weighted by molar-refractivity contribution is 5.92. The molecule has 0 radical (unpaired) electrons. The van der Waals surface area contributed by atoms with Gasteiger partial charge in [-0.2, -0.15) is 0 Å². The molecule has 0 saturated carbocycles. The fourth-order valence-corrected chi connectivity index (χ4v) is 1.34. The molecule has 0 aliphatic heterocycles. The summed E-state index contributed by atoms with van der Waals surface area (Å²) in [6.45, 7) is 1.74. The topological polar surface area (TPSA) is 92.7 Å². The Kier molecular flexibility index (Phi) is 5.96. The van der Waals surface area contributed by atoms with Crippen molar-refractivity contribution in [1.82, 2.24) is 5.32 Å². The van der Waals surface area contributed by atoms with Gasteiger partial charge in [-0.25, -0.2) is 9.59 Å². The molecule has 0 bridgehead atoms. The summed E-state index contributed by atoms with van der Waals surface area (Å²) in [4.78, 5) is 33.1. The summed E-state index contributed by atoms with van der Waals surface area (Å²) in [7, 11) is 0. The van der Waals surface area contributed by atoms with Crippen LogP contribution in [0, 0.1) is 0 Å². The Morgan fingerprint density at radius 1 is 1.25 bits per heavy atom. The van der Waals surface area contributed by atoms with E-state index in [2.05, 4.69) is 5.32 Å². The Morgan fingerprint density at radius 3 is 2.50 bits per heavy atom. The van der Waals surface area contributed by atoms with Crippen molar-refractivity contribution in [3.8, 4) is 0 Å². The Morgan fingerprint density at radius 2 is 1.90 bits per heavy atom. The maximum absolute atomic E-state index is 11.7. The molecule has 2 N–H and O–H groups in total. The number of rotatable bonds is 6. The van der Waals surface area contributed by atoms with Crippen molar-refractivity contribution < 1.29 is 24.2 Å². The smallest absolute Gasteiger partial charge is 0.331 e. The average Bonchev–Trinajstić information content (AvgIpc) is 2.43. The van der Waals surface area contributed by atoms with Gasteiger partial charge in [-0.05, 0) is 12.5 Å². The van der Waals surface area contributed by atoms with Crippen LogP contribution in [0.4, 0.5) is 0 Å². The first kappa shape index (κ1) is 15.4. The highest BCUT2D eigenvalue weighted by Gasteiger charge is 2.16. The van der Waals surface area contributed by atoms with Gasteiger partial charge in [-0.3, -0.25) is 4.79 Å². The predicted molar refractivity (Wildman–Crippen MR) is 70.6 cm³/mol. The highest BCUT2D eigenvalue weighted by Crippen LogP contribution is 1.99. The third-order valence-corrected chi connectivity index (χ3v) is 2.33. The van der Waals surface area contributed by atoms with Gasteiger partial charge in [-0.15, -0.1) is 0 Å². The van der Waals surface area contributed by atoms with Crippen molar-refractivity contribution in [2.24, 2.45) is 0 Å². The molecule has 1 unspecified atom stereocenters. The van der Waals surface area contributed by atoms with Crippen molar-refractivity contribution >= 4 is 17.8 Å². The van der Waals surface area contributed by atoms with Gasteiger partial charge in [0.25, 0.3) is 5.91 Å². The zero-order valence-electron chi connectivity index (χ0n) is 10.9. The van der Waals surface area contributed by atoms with Crippen LogP contribution in [0.2, 0.25) is 0 Å². The summed E-state index contributed by atoms with van der Waals surface area (Å²) in [5.41, 5.74) is 0.921. The van der Waals surface area contributed by atoms with Crippen LogP contribution in [0.3, 0.4) is 0 Å². The van der Waals surface area contributed by atoms with Crippen molar-refractivity contribution in [2.45, 2.75) is 19.6 Å².